The minimum Gasteiger partial charge on any atom is -0.353 e. The van der Waals surface area contributed by atoms with Gasteiger partial charge in [-0.05, 0) is 27.7 Å². The molecule has 19 heavy (non-hydrogen) atoms. The van der Waals surface area contributed by atoms with Gasteiger partial charge in [0.1, 0.15) is 6.54 Å². The maximum atomic E-state index is 11.7. The van der Waals surface area contributed by atoms with Gasteiger partial charge in [-0.15, -0.1) is 11.8 Å². The molecule has 110 valence electrons. The number of carbonyl (C=O) groups is 2. The van der Waals surface area contributed by atoms with Crippen molar-refractivity contribution in [3.63, 3.8) is 0 Å². The van der Waals surface area contributed by atoms with E-state index in [0.717, 1.165) is 6.54 Å². The second-order valence-corrected chi connectivity index (χ2v) is 6.30. The van der Waals surface area contributed by atoms with E-state index in [0.29, 0.717) is 30.3 Å². The number of nitrogens with zero attached hydrogens (tertiary/aromatic N) is 2. The predicted molar refractivity (Wildman–Crippen MR) is 79.0 cm³/mol. The van der Waals surface area contributed by atoms with Gasteiger partial charge in [0, 0.05) is 25.2 Å². The number of carbonyl (C=O) groups excluding carboxylic acids is 2. The van der Waals surface area contributed by atoms with Crippen molar-refractivity contribution >= 4 is 23.6 Å². The number of amides is 2. The molecule has 0 aromatic rings. The fraction of sp³-hybridized carbons (Fsp3) is 0.846. The molecule has 0 atom stereocenters. The van der Waals surface area contributed by atoms with E-state index in [4.69, 9.17) is 0 Å². The summed E-state index contributed by atoms with van der Waals surface area (Å²) in [6, 6.07) is 0.932. The summed E-state index contributed by atoms with van der Waals surface area (Å²) in [4.78, 5) is 27.1. The van der Waals surface area contributed by atoms with E-state index in [9.17, 15) is 9.59 Å². The first-order valence-electron chi connectivity index (χ1n) is 6.79. The molecule has 0 aromatic heterocycles. The van der Waals surface area contributed by atoms with Crippen molar-refractivity contribution in [1.29, 1.82) is 0 Å². The minimum absolute atomic E-state index is 0.0612. The number of hydrogen-bond acceptors (Lipinski definition) is 4. The topological polar surface area (TPSA) is 52.7 Å². The number of rotatable bonds is 7. The number of hydrogen-bond donors (Lipinski definition) is 1. The third-order valence-electron chi connectivity index (χ3n) is 3.18. The van der Waals surface area contributed by atoms with Crippen LogP contribution in [-0.2, 0) is 9.59 Å². The molecule has 1 fully saturated rings. The van der Waals surface area contributed by atoms with Gasteiger partial charge in [0.15, 0.2) is 0 Å². The van der Waals surface area contributed by atoms with Crippen LogP contribution in [0.3, 0.4) is 0 Å². The molecule has 6 heteroatoms. The average molecular weight is 287 g/mol. The molecule has 1 N–H and O–H groups in total. The summed E-state index contributed by atoms with van der Waals surface area (Å²) in [5.41, 5.74) is 0. The van der Waals surface area contributed by atoms with E-state index in [1.54, 1.807) is 16.7 Å². The first kappa shape index (κ1) is 16.3. The summed E-state index contributed by atoms with van der Waals surface area (Å²) >= 11 is 1.56. The van der Waals surface area contributed by atoms with Gasteiger partial charge in [-0.2, -0.15) is 0 Å². The van der Waals surface area contributed by atoms with E-state index in [1.165, 1.54) is 0 Å². The molecule has 0 bridgehead atoms. The molecule has 5 nitrogen and oxygen atoms in total. The highest BCUT2D eigenvalue weighted by molar-refractivity contribution is 8.00. The van der Waals surface area contributed by atoms with Gasteiger partial charge in [0.05, 0.1) is 11.6 Å². The lowest BCUT2D eigenvalue weighted by atomic mass is 10.2. The maximum absolute atomic E-state index is 11.7. The van der Waals surface area contributed by atoms with E-state index < -0.39 is 0 Å². The maximum Gasteiger partial charge on any atom is 0.239 e. The first-order valence-corrected chi connectivity index (χ1v) is 7.95. The van der Waals surface area contributed by atoms with Gasteiger partial charge in [0.25, 0.3) is 0 Å². The van der Waals surface area contributed by atoms with Crippen molar-refractivity contribution in [3.05, 3.63) is 0 Å². The van der Waals surface area contributed by atoms with Crippen LogP contribution in [0.2, 0.25) is 0 Å². The second-order valence-electron chi connectivity index (χ2n) is 5.34. The third kappa shape index (κ3) is 5.40. The summed E-state index contributed by atoms with van der Waals surface area (Å²) in [5.74, 6) is 1.13. The molecular weight excluding hydrogens is 262 g/mol. The molecule has 1 aliphatic heterocycles. The second kappa shape index (κ2) is 7.75. The average Bonchev–Trinajstić information content (AvgIpc) is 2.69. The van der Waals surface area contributed by atoms with E-state index in [-0.39, 0.29) is 18.4 Å². The molecule has 0 saturated carbocycles. The summed E-state index contributed by atoms with van der Waals surface area (Å²) in [5, 5.41) is 2.89. The molecular formula is C13H25N3O2S. The monoisotopic (exact) mass is 287 g/mol. The zero-order valence-corrected chi connectivity index (χ0v) is 13.1. The highest BCUT2D eigenvalue weighted by Crippen LogP contribution is 2.13. The van der Waals surface area contributed by atoms with Crippen LogP contribution in [0.25, 0.3) is 0 Å². The molecule has 1 saturated heterocycles. The lowest BCUT2D eigenvalue weighted by molar-refractivity contribution is -0.132. The Kier molecular flexibility index (Phi) is 6.65. The highest BCUT2D eigenvalue weighted by atomic mass is 32.2. The molecule has 1 rings (SSSR count). The van der Waals surface area contributed by atoms with E-state index >= 15 is 0 Å². The zero-order valence-electron chi connectivity index (χ0n) is 12.3. The van der Waals surface area contributed by atoms with Crippen molar-refractivity contribution in [1.82, 2.24) is 15.1 Å². The zero-order chi connectivity index (χ0) is 14.4. The van der Waals surface area contributed by atoms with Crippen LogP contribution in [-0.4, -0.2) is 65.0 Å². The van der Waals surface area contributed by atoms with Crippen LogP contribution < -0.4 is 5.32 Å². The highest BCUT2D eigenvalue weighted by Gasteiger charge is 2.22. The Morgan fingerprint density at radius 2 is 2.00 bits per heavy atom. The number of nitrogens with one attached hydrogen (secondary N) is 1. The van der Waals surface area contributed by atoms with Gasteiger partial charge in [-0.25, -0.2) is 0 Å². The van der Waals surface area contributed by atoms with Crippen LogP contribution >= 0.6 is 11.8 Å². The summed E-state index contributed by atoms with van der Waals surface area (Å²) in [6.45, 7) is 10.3. The first-order chi connectivity index (χ1) is 8.91. The van der Waals surface area contributed by atoms with E-state index in [2.05, 4.69) is 37.9 Å². The van der Waals surface area contributed by atoms with Crippen LogP contribution in [0.5, 0.6) is 0 Å². The smallest absolute Gasteiger partial charge is 0.239 e. The summed E-state index contributed by atoms with van der Waals surface area (Å²) in [7, 11) is 0. The Morgan fingerprint density at radius 1 is 1.37 bits per heavy atom. The van der Waals surface area contributed by atoms with E-state index in [1.807, 2.05) is 0 Å². The van der Waals surface area contributed by atoms with Gasteiger partial charge in [-0.3, -0.25) is 14.5 Å². The van der Waals surface area contributed by atoms with Crippen molar-refractivity contribution in [2.24, 2.45) is 0 Å². The van der Waals surface area contributed by atoms with Crippen molar-refractivity contribution in [2.45, 2.75) is 39.8 Å². The fourth-order valence-electron chi connectivity index (χ4n) is 2.21. The SMILES string of the molecule is CC(C)N(CCNC(=O)CN1CSCC1=O)C(C)C. The van der Waals surface area contributed by atoms with Crippen LogP contribution in [0, 0.1) is 0 Å². The van der Waals surface area contributed by atoms with Crippen molar-refractivity contribution < 1.29 is 9.59 Å². The van der Waals surface area contributed by atoms with Crippen molar-refractivity contribution in [3.8, 4) is 0 Å². The predicted octanol–water partition coefficient (Wildman–Crippen LogP) is 0.754. The van der Waals surface area contributed by atoms with Gasteiger partial charge < -0.3 is 10.2 Å². The largest absolute Gasteiger partial charge is 0.353 e. The molecule has 0 spiro atoms. The Hall–Kier alpha value is -0.750. The Morgan fingerprint density at radius 3 is 2.47 bits per heavy atom. The Labute approximate surface area is 120 Å². The van der Waals surface area contributed by atoms with Crippen molar-refractivity contribution in [2.75, 3.05) is 31.3 Å². The quantitative estimate of drug-likeness (QED) is 0.751. The fourth-order valence-corrected chi connectivity index (χ4v) is 3.11. The molecule has 1 aliphatic rings. The van der Waals surface area contributed by atoms with Gasteiger partial charge >= 0.3 is 0 Å². The van der Waals surface area contributed by atoms with Crippen LogP contribution in [0.15, 0.2) is 0 Å². The molecule has 0 unspecified atom stereocenters. The molecule has 2 amide bonds. The Balaban J connectivity index is 2.24. The van der Waals surface area contributed by atoms with Crippen LogP contribution in [0.4, 0.5) is 0 Å². The van der Waals surface area contributed by atoms with Gasteiger partial charge in [0.2, 0.25) is 11.8 Å². The minimum atomic E-state index is -0.0664. The molecule has 0 aromatic carbocycles. The molecule has 0 radical (unpaired) electrons. The molecule has 1 heterocycles. The number of thioether (sulfide) groups is 1. The lowest BCUT2D eigenvalue weighted by Gasteiger charge is -2.30. The van der Waals surface area contributed by atoms with Gasteiger partial charge in [-0.1, -0.05) is 0 Å². The summed E-state index contributed by atoms with van der Waals surface area (Å²) < 4.78 is 0. The standard InChI is InChI=1S/C13H25N3O2S/c1-10(2)16(11(3)4)6-5-14-12(17)7-15-9-19-8-13(15)18/h10-11H,5-9H2,1-4H3,(H,14,17). The Bertz CT molecular complexity index is 313. The normalized spacial score (nSPS) is 15.9. The third-order valence-corrected chi connectivity index (χ3v) is 4.12. The molecule has 0 aliphatic carbocycles. The lowest BCUT2D eigenvalue weighted by Crippen LogP contribution is -2.44. The summed E-state index contributed by atoms with van der Waals surface area (Å²) in [6.07, 6.45) is 0. The van der Waals surface area contributed by atoms with Crippen LogP contribution in [0.1, 0.15) is 27.7 Å².